The Morgan fingerprint density at radius 3 is 1.94 bits per heavy atom. The van der Waals surface area contributed by atoms with Crippen LogP contribution < -0.4 is 10.6 Å². The number of piperidine rings is 1. The number of nitrogens with zero attached hydrogens (tertiary/aromatic N) is 1. The molecule has 11 heteroatoms. The molecule has 2 N–H and O–H groups in total. The van der Waals surface area contributed by atoms with Gasteiger partial charge in [-0.05, 0) is 37.8 Å². The molecule has 3 rings (SSSR count). The predicted molar refractivity (Wildman–Crippen MR) is 116 cm³/mol. The summed E-state index contributed by atoms with van der Waals surface area (Å²) >= 11 is 0. The highest BCUT2D eigenvalue weighted by molar-refractivity contribution is 7.89. The van der Waals surface area contributed by atoms with Gasteiger partial charge in [0.05, 0.1) is 10.5 Å². The average Bonchev–Trinajstić information content (AvgIpc) is 2.81. The lowest BCUT2D eigenvalue weighted by Crippen LogP contribution is -2.44. The molecule has 33 heavy (non-hydrogen) atoms. The monoisotopic (exact) mass is 489 g/mol. The fourth-order valence-electron chi connectivity index (χ4n) is 4.45. The van der Waals surface area contributed by atoms with Crippen LogP contribution in [0.25, 0.3) is 0 Å². The van der Waals surface area contributed by atoms with Crippen LogP contribution in [0.1, 0.15) is 50.5 Å². The molecule has 0 spiro atoms. The maximum atomic E-state index is 13.3. The van der Waals surface area contributed by atoms with Crippen molar-refractivity contribution in [3.8, 4) is 0 Å². The normalized spacial score (nSPS) is 19.2. The SMILES string of the molecule is O=C(NCCNC(=O)C1CCN(S(=O)(=O)c2ccccc2C(F)(F)F)CC1)C1CCCCC1. The van der Waals surface area contributed by atoms with Crippen LogP contribution in [-0.4, -0.2) is 50.7 Å². The Morgan fingerprint density at radius 2 is 1.39 bits per heavy atom. The molecular formula is C22H30F3N3O4S. The van der Waals surface area contributed by atoms with Crippen molar-refractivity contribution in [2.24, 2.45) is 11.8 Å². The van der Waals surface area contributed by atoms with E-state index >= 15 is 0 Å². The number of nitrogens with one attached hydrogen (secondary N) is 2. The van der Waals surface area contributed by atoms with E-state index in [2.05, 4.69) is 10.6 Å². The van der Waals surface area contributed by atoms with Crippen LogP contribution in [0, 0.1) is 11.8 Å². The number of hydrogen-bond acceptors (Lipinski definition) is 4. The van der Waals surface area contributed by atoms with Gasteiger partial charge in [0.1, 0.15) is 0 Å². The van der Waals surface area contributed by atoms with Crippen molar-refractivity contribution >= 4 is 21.8 Å². The van der Waals surface area contributed by atoms with Crippen LogP contribution in [0.2, 0.25) is 0 Å². The minimum atomic E-state index is -4.78. The van der Waals surface area contributed by atoms with Crippen molar-refractivity contribution in [2.75, 3.05) is 26.2 Å². The molecule has 1 saturated heterocycles. The zero-order valence-corrected chi connectivity index (χ0v) is 19.2. The van der Waals surface area contributed by atoms with Gasteiger partial charge in [-0.3, -0.25) is 9.59 Å². The average molecular weight is 490 g/mol. The van der Waals surface area contributed by atoms with Gasteiger partial charge in [-0.25, -0.2) is 8.42 Å². The molecule has 0 radical (unpaired) electrons. The van der Waals surface area contributed by atoms with E-state index in [-0.39, 0.29) is 50.2 Å². The smallest absolute Gasteiger partial charge is 0.354 e. The van der Waals surface area contributed by atoms with Crippen molar-refractivity contribution in [3.63, 3.8) is 0 Å². The van der Waals surface area contributed by atoms with Crippen LogP contribution in [0.15, 0.2) is 29.2 Å². The lowest BCUT2D eigenvalue weighted by molar-refractivity contribution is -0.140. The lowest BCUT2D eigenvalue weighted by atomic mass is 9.89. The lowest BCUT2D eigenvalue weighted by Gasteiger charge is -2.31. The van der Waals surface area contributed by atoms with Gasteiger partial charge in [0, 0.05) is 38.0 Å². The Balaban J connectivity index is 1.46. The highest BCUT2D eigenvalue weighted by Crippen LogP contribution is 2.36. The van der Waals surface area contributed by atoms with Crippen LogP contribution >= 0.6 is 0 Å². The predicted octanol–water partition coefficient (Wildman–Crippen LogP) is 2.92. The van der Waals surface area contributed by atoms with Gasteiger partial charge in [0.2, 0.25) is 21.8 Å². The van der Waals surface area contributed by atoms with E-state index in [1.165, 1.54) is 6.07 Å². The van der Waals surface area contributed by atoms with Crippen LogP contribution in [0.4, 0.5) is 13.2 Å². The quantitative estimate of drug-likeness (QED) is 0.576. The maximum absolute atomic E-state index is 13.3. The summed E-state index contributed by atoms with van der Waals surface area (Å²) in [6.07, 6.45) is 0.723. The third-order valence-corrected chi connectivity index (χ3v) is 8.29. The molecule has 2 amide bonds. The first-order chi connectivity index (χ1) is 15.6. The topological polar surface area (TPSA) is 95.6 Å². The fourth-order valence-corrected chi connectivity index (χ4v) is 6.13. The molecule has 0 aromatic heterocycles. The Labute approximate surface area is 192 Å². The molecule has 1 aromatic rings. The van der Waals surface area contributed by atoms with Crippen LogP contribution in [0.5, 0.6) is 0 Å². The Morgan fingerprint density at radius 1 is 0.879 bits per heavy atom. The van der Waals surface area contributed by atoms with Gasteiger partial charge in [-0.1, -0.05) is 31.4 Å². The number of carbonyl (C=O) groups is 2. The number of alkyl halides is 3. The molecular weight excluding hydrogens is 459 g/mol. The Bertz CT molecular complexity index is 938. The van der Waals surface area contributed by atoms with Crippen molar-refractivity contribution in [1.29, 1.82) is 0 Å². The van der Waals surface area contributed by atoms with Crippen molar-refractivity contribution in [1.82, 2.24) is 14.9 Å². The number of carbonyl (C=O) groups excluding carboxylic acids is 2. The summed E-state index contributed by atoms with van der Waals surface area (Å²) in [5.74, 6) is -0.609. The third kappa shape index (κ3) is 6.47. The van der Waals surface area contributed by atoms with Crippen molar-refractivity contribution < 1.29 is 31.2 Å². The number of amides is 2. The number of sulfonamides is 1. The van der Waals surface area contributed by atoms with E-state index in [9.17, 15) is 31.2 Å². The summed E-state index contributed by atoms with van der Waals surface area (Å²) in [5.41, 5.74) is -1.19. The van der Waals surface area contributed by atoms with Gasteiger partial charge < -0.3 is 10.6 Å². The number of halogens is 3. The molecule has 1 aromatic carbocycles. The van der Waals surface area contributed by atoms with Crippen molar-refractivity contribution in [2.45, 2.75) is 56.0 Å². The first-order valence-corrected chi connectivity index (χ1v) is 12.8. The number of hydrogen-bond donors (Lipinski definition) is 2. The van der Waals surface area contributed by atoms with Gasteiger partial charge in [0.25, 0.3) is 0 Å². The minimum Gasteiger partial charge on any atom is -0.354 e. The van der Waals surface area contributed by atoms with E-state index in [1.807, 2.05) is 0 Å². The summed E-state index contributed by atoms with van der Waals surface area (Å²) in [7, 11) is -4.33. The molecule has 1 aliphatic carbocycles. The zero-order valence-electron chi connectivity index (χ0n) is 18.4. The Kier molecular flexibility index (Phi) is 8.38. The van der Waals surface area contributed by atoms with Crippen LogP contribution in [0.3, 0.4) is 0 Å². The first kappa shape index (κ1) is 25.5. The summed E-state index contributed by atoms with van der Waals surface area (Å²) < 4.78 is 66.4. The van der Waals surface area contributed by atoms with Crippen molar-refractivity contribution in [3.05, 3.63) is 29.8 Å². The fraction of sp³-hybridized carbons (Fsp3) is 0.636. The molecule has 0 bridgehead atoms. The zero-order chi connectivity index (χ0) is 24.1. The molecule has 2 fully saturated rings. The van der Waals surface area contributed by atoms with E-state index < -0.39 is 32.6 Å². The van der Waals surface area contributed by atoms with E-state index in [1.54, 1.807) is 0 Å². The second-order valence-electron chi connectivity index (χ2n) is 8.59. The molecule has 7 nitrogen and oxygen atoms in total. The molecule has 184 valence electrons. The van der Waals surface area contributed by atoms with Crippen LogP contribution in [-0.2, 0) is 25.8 Å². The molecule has 0 unspecified atom stereocenters. The Hall–Kier alpha value is -2.14. The second-order valence-corrected chi connectivity index (χ2v) is 10.5. The van der Waals surface area contributed by atoms with Gasteiger partial charge >= 0.3 is 6.18 Å². The minimum absolute atomic E-state index is 0.0154. The third-order valence-electron chi connectivity index (χ3n) is 6.33. The molecule has 1 saturated carbocycles. The number of benzene rings is 1. The highest BCUT2D eigenvalue weighted by Gasteiger charge is 2.40. The van der Waals surface area contributed by atoms with Gasteiger partial charge in [-0.15, -0.1) is 0 Å². The summed E-state index contributed by atoms with van der Waals surface area (Å²) in [4.78, 5) is 23.8. The summed E-state index contributed by atoms with van der Waals surface area (Å²) in [6.45, 7) is 0.521. The highest BCUT2D eigenvalue weighted by atomic mass is 32.2. The van der Waals surface area contributed by atoms with E-state index in [0.29, 0.717) is 6.54 Å². The molecule has 1 aliphatic heterocycles. The summed E-state index contributed by atoms with van der Waals surface area (Å²) in [5, 5.41) is 5.59. The molecule has 2 aliphatic rings. The molecule has 1 heterocycles. The van der Waals surface area contributed by atoms with Gasteiger partial charge in [0.15, 0.2) is 0 Å². The maximum Gasteiger partial charge on any atom is 0.417 e. The first-order valence-electron chi connectivity index (χ1n) is 11.3. The molecule has 0 atom stereocenters. The second kappa shape index (κ2) is 10.9. The van der Waals surface area contributed by atoms with E-state index in [4.69, 9.17) is 0 Å². The standard InChI is InChI=1S/C22H30F3N3O4S/c23-22(24,25)18-8-4-5-9-19(18)33(31,32)28-14-10-17(11-15-28)21(30)27-13-12-26-20(29)16-6-2-1-3-7-16/h4-5,8-9,16-17H,1-3,6-7,10-15H2,(H,26,29)(H,27,30). The summed E-state index contributed by atoms with van der Waals surface area (Å²) in [6, 6.07) is 4.12. The largest absolute Gasteiger partial charge is 0.417 e. The number of rotatable bonds is 7. The van der Waals surface area contributed by atoms with Gasteiger partial charge in [-0.2, -0.15) is 17.5 Å². The van der Waals surface area contributed by atoms with E-state index in [0.717, 1.165) is 54.6 Å².